The van der Waals surface area contributed by atoms with Crippen LogP contribution in [0.4, 0.5) is 11.4 Å². The van der Waals surface area contributed by atoms with Gasteiger partial charge in [0.2, 0.25) is 5.76 Å². The van der Waals surface area contributed by atoms with Crippen molar-refractivity contribution in [2.24, 2.45) is 0 Å². The Morgan fingerprint density at radius 1 is 1.09 bits per heavy atom. The van der Waals surface area contributed by atoms with Gasteiger partial charge in [0.25, 0.3) is 5.91 Å². The Bertz CT molecular complexity index is 1270. The number of aromatic nitrogens is 1. The normalized spacial score (nSPS) is 19.4. The number of halogens is 1. The molecule has 0 atom stereocenters. The number of ether oxygens (including phenoxy) is 1. The van der Waals surface area contributed by atoms with Crippen LogP contribution in [0.5, 0.6) is 0 Å². The highest BCUT2D eigenvalue weighted by Crippen LogP contribution is 2.44. The molecule has 1 saturated carbocycles. The number of aliphatic hydroxyl groups is 1. The molecule has 168 valence electrons. The van der Waals surface area contributed by atoms with Crippen molar-refractivity contribution >= 4 is 40.2 Å². The summed E-state index contributed by atoms with van der Waals surface area (Å²) in [6.45, 7) is 3.19. The molecule has 1 aromatic heterocycles. The monoisotopic (exact) mass is 463 g/mol. The number of morpholine rings is 1. The zero-order chi connectivity index (χ0) is 22.5. The molecule has 1 aliphatic carbocycles. The van der Waals surface area contributed by atoms with Crippen LogP contribution in [0.25, 0.3) is 22.5 Å². The third-order valence-electron chi connectivity index (χ3n) is 6.40. The Morgan fingerprint density at radius 3 is 2.58 bits per heavy atom. The zero-order valence-corrected chi connectivity index (χ0v) is 18.6. The number of benzene rings is 2. The largest absolute Gasteiger partial charge is 0.504 e. The lowest BCUT2D eigenvalue weighted by molar-refractivity contribution is -0.110. The third kappa shape index (κ3) is 3.67. The first-order chi connectivity index (χ1) is 16.1. The molecule has 3 heterocycles. The fourth-order valence-electron chi connectivity index (χ4n) is 4.42. The average molecular weight is 464 g/mol. The van der Waals surface area contributed by atoms with E-state index in [1.54, 1.807) is 12.1 Å². The summed E-state index contributed by atoms with van der Waals surface area (Å²) in [6.07, 6.45) is 2.14. The molecule has 8 heteroatoms. The topological polar surface area (TPSA) is 87.8 Å². The van der Waals surface area contributed by atoms with Gasteiger partial charge >= 0.3 is 0 Å². The standard InChI is InChI=1S/C25H22ClN3O4/c26-19-12-21-18(11-17(19)14-3-5-16(6-4-14)29-7-9-32-10-8-29)23(25(31)27-21)24(30)22-13-20(28-33-22)15-1-2-15/h3-6,11-13,15,30H,1-2,7-10H2,(H,27,31). The Labute approximate surface area is 195 Å². The minimum atomic E-state index is -0.400. The van der Waals surface area contributed by atoms with E-state index in [1.165, 1.54) is 0 Å². The molecule has 0 unspecified atom stereocenters. The van der Waals surface area contributed by atoms with Crippen molar-refractivity contribution < 1.29 is 19.2 Å². The molecule has 6 rings (SSSR count). The van der Waals surface area contributed by atoms with Crippen LogP contribution < -0.4 is 10.2 Å². The highest BCUT2D eigenvalue weighted by atomic mass is 35.5. The number of carbonyl (C=O) groups excluding carboxylic acids is 1. The Balaban J connectivity index is 1.36. The van der Waals surface area contributed by atoms with Crippen LogP contribution in [0, 0.1) is 0 Å². The first-order valence-electron chi connectivity index (χ1n) is 11.1. The number of rotatable bonds is 4. The predicted octanol–water partition coefficient (Wildman–Crippen LogP) is 5.09. The molecule has 3 aliphatic rings. The predicted molar refractivity (Wildman–Crippen MR) is 126 cm³/mol. The number of amides is 1. The van der Waals surface area contributed by atoms with E-state index in [0.717, 1.165) is 61.7 Å². The highest BCUT2D eigenvalue weighted by molar-refractivity contribution is 6.38. The number of nitrogens with zero attached hydrogens (tertiary/aromatic N) is 2. The molecule has 3 aromatic rings. The molecule has 2 aromatic carbocycles. The van der Waals surface area contributed by atoms with Crippen LogP contribution in [0.1, 0.15) is 35.8 Å². The fourth-order valence-corrected chi connectivity index (χ4v) is 4.69. The average Bonchev–Trinajstić information content (AvgIpc) is 3.48. The van der Waals surface area contributed by atoms with Crippen LogP contribution in [0.15, 0.2) is 47.0 Å². The van der Waals surface area contributed by atoms with E-state index < -0.39 is 5.91 Å². The Hall–Kier alpha value is -3.29. The molecule has 2 N–H and O–H groups in total. The summed E-state index contributed by atoms with van der Waals surface area (Å²) < 4.78 is 10.8. The van der Waals surface area contributed by atoms with E-state index in [-0.39, 0.29) is 17.1 Å². The SMILES string of the molecule is O=C1Nc2cc(Cl)c(-c3ccc(N4CCOCC4)cc3)cc2C1=C(O)c1cc(C2CC2)no1. The van der Waals surface area contributed by atoms with E-state index in [2.05, 4.69) is 27.5 Å². The van der Waals surface area contributed by atoms with Gasteiger partial charge in [-0.2, -0.15) is 0 Å². The molecule has 1 saturated heterocycles. The highest BCUT2D eigenvalue weighted by Gasteiger charge is 2.33. The lowest BCUT2D eigenvalue weighted by atomic mass is 9.98. The summed E-state index contributed by atoms with van der Waals surface area (Å²) in [5.74, 6) is -0.0403. The lowest BCUT2D eigenvalue weighted by Crippen LogP contribution is -2.36. The zero-order valence-electron chi connectivity index (χ0n) is 17.8. The maximum atomic E-state index is 12.7. The molecule has 1 amide bonds. The minimum absolute atomic E-state index is 0.159. The van der Waals surface area contributed by atoms with E-state index >= 15 is 0 Å². The van der Waals surface area contributed by atoms with Crippen LogP contribution in [-0.4, -0.2) is 42.5 Å². The molecule has 2 aliphatic heterocycles. The van der Waals surface area contributed by atoms with Gasteiger partial charge in [-0.25, -0.2) is 0 Å². The summed E-state index contributed by atoms with van der Waals surface area (Å²) in [5, 5.41) is 18.3. The number of aliphatic hydroxyl groups excluding tert-OH is 1. The molecule has 33 heavy (non-hydrogen) atoms. The Morgan fingerprint density at radius 2 is 1.85 bits per heavy atom. The summed E-state index contributed by atoms with van der Waals surface area (Å²) >= 11 is 6.58. The maximum absolute atomic E-state index is 12.7. The second-order valence-corrected chi connectivity index (χ2v) is 9.00. The summed E-state index contributed by atoms with van der Waals surface area (Å²) in [7, 11) is 0. The molecule has 0 radical (unpaired) electrons. The van der Waals surface area contributed by atoms with E-state index in [9.17, 15) is 9.90 Å². The quantitative estimate of drug-likeness (QED) is 0.414. The Kier molecular flexibility index (Phi) is 4.89. The maximum Gasteiger partial charge on any atom is 0.260 e. The van der Waals surface area contributed by atoms with Gasteiger partial charge in [0.1, 0.15) is 0 Å². The van der Waals surface area contributed by atoms with Gasteiger partial charge in [-0.15, -0.1) is 0 Å². The number of fused-ring (bicyclic) bond motifs is 1. The van der Waals surface area contributed by atoms with Gasteiger partial charge in [-0.1, -0.05) is 28.9 Å². The number of hydrogen-bond acceptors (Lipinski definition) is 6. The van der Waals surface area contributed by atoms with Gasteiger partial charge in [0.05, 0.1) is 35.2 Å². The van der Waals surface area contributed by atoms with Crippen molar-refractivity contribution in [3.05, 3.63) is 64.5 Å². The minimum Gasteiger partial charge on any atom is -0.504 e. The fraction of sp³-hybridized carbons (Fsp3) is 0.280. The van der Waals surface area contributed by atoms with Crippen LogP contribution in [0.2, 0.25) is 5.02 Å². The number of carbonyl (C=O) groups is 1. The lowest BCUT2D eigenvalue weighted by Gasteiger charge is -2.29. The number of nitrogens with one attached hydrogen (secondary N) is 1. The van der Waals surface area contributed by atoms with Crippen molar-refractivity contribution in [2.45, 2.75) is 18.8 Å². The first-order valence-corrected chi connectivity index (χ1v) is 11.4. The summed E-state index contributed by atoms with van der Waals surface area (Å²) in [5.41, 5.74) is 4.95. The molecule has 0 spiro atoms. The summed E-state index contributed by atoms with van der Waals surface area (Å²) in [4.78, 5) is 15.0. The van der Waals surface area contributed by atoms with E-state index in [4.69, 9.17) is 20.9 Å². The van der Waals surface area contributed by atoms with Crippen molar-refractivity contribution in [1.29, 1.82) is 0 Å². The number of anilines is 2. The second-order valence-electron chi connectivity index (χ2n) is 8.59. The van der Waals surface area contributed by atoms with Crippen LogP contribution in [-0.2, 0) is 9.53 Å². The molecule has 0 bridgehead atoms. The third-order valence-corrected chi connectivity index (χ3v) is 6.71. The van der Waals surface area contributed by atoms with Gasteiger partial charge in [-0.05, 0) is 42.7 Å². The number of hydrogen-bond donors (Lipinski definition) is 2. The van der Waals surface area contributed by atoms with Gasteiger partial charge in [-0.3, -0.25) is 4.79 Å². The molecule has 7 nitrogen and oxygen atoms in total. The molecule has 2 fully saturated rings. The van der Waals surface area contributed by atoms with Gasteiger partial charge in [0, 0.05) is 41.9 Å². The van der Waals surface area contributed by atoms with Crippen LogP contribution in [0.3, 0.4) is 0 Å². The smallest absolute Gasteiger partial charge is 0.260 e. The van der Waals surface area contributed by atoms with Crippen molar-refractivity contribution in [1.82, 2.24) is 5.16 Å². The van der Waals surface area contributed by atoms with E-state index in [1.807, 2.05) is 18.2 Å². The molecular weight excluding hydrogens is 442 g/mol. The first kappa shape index (κ1) is 20.3. The molecular formula is C25H22ClN3O4. The van der Waals surface area contributed by atoms with Gasteiger partial charge < -0.3 is 24.6 Å². The van der Waals surface area contributed by atoms with E-state index in [0.29, 0.717) is 22.2 Å². The van der Waals surface area contributed by atoms with Crippen molar-refractivity contribution in [3.63, 3.8) is 0 Å². The van der Waals surface area contributed by atoms with Crippen molar-refractivity contribution in [2.75, 3.05) is 36.5 Å². The van der Waals surface area contributed by atoms with Gasteiger partial charge in [0.15, 0.2) is 5.76 Å². The second kappa shape index (κ2) is 7.93. The van der Waals surface area contributed by atoms with Crippen molar-refractivity contribution in [3.8, 4) is 11.1 Å². The van der Waals surface area contributed by atoms with Crippen LogP contribution >= 0.6 is 11.6 Å². The summed E-state index contributed by atoms with van der Waals surface area (Å²) in [6, 6.07) is 13.4.